The first-order valence-corrected chi connectivity index (χ1v) is 13.7. The number of piperidine rings is 1. The first-order chi connectivity index (χ1) is 16.1. The van der Waals surface area contributed by atoms with Crippen LogP contribution in [0.4, 0.5) is 9.80 Å². The third-order valence-electron chi connectivity index (χ3n) is 6.19. The number of aromatic nitrogens is 1. The summed E-state index contributed by atoms with van der Waals surface area (Å²) >= 11 is 7.13. The van der Waals surface area contributed by atoms with Crippen molar-refractivity contribution in [2.75, 3.05) is 18.8 Å². The zero-order valence-electron chi connectivity index (χ0n) is 18.6. The van der Waals surface area contributed by atoms with Gasteiger partial charge in [-0.2, -0.15) is 0 Å². The van der Waals surface area contributed by atoms with E-state index in [0.717, 1.165) is 41.4 Å². The lowest BCUT2D eigenvalue weighted by molar-refractivity contribution is -0.245. The highest BCUT2D eigenvalue weighted by Gasteiger charge is 2.42. The normalized spacial score (nSPS) is 16.6. The molecule has 0 atom stereocenters. The Morgan fingerprint density at radius 1 is 1.12 bits per heavy atom. The van der Waals surface area contributed by atoms with E-state index in [-0.39, 0.29) is 32.3 Å². The number of hydrogen-bond acceptors (Lipinski definition) is 6. The van der Waals surface area contributed by atoms with Gasteiger partial charge < -0.3 is 14.5 Å². The molecule has 1 saturated heterocycles. The quantitative estimate of drug-likeness (QED) is 0.479. The zero-order valence-corrected chi connectivity index (χ0v) is 21.0. The maximum absolute atomic E-state index is 13.5. The highest BCUT2D eigenvalue weighted by molar-refractivity contribution is 7.91. The number of amides is 2. The number of carboxylic acid groups (broad SMARTS) is 1. The van der Waals surface area contributed by atoms with Gasteiger partial charge >= 0.3 is 5.91 Å². The van der Waals surface area contributed by atoms with Crippen LogP contribution in [0.15, 0.2) is 52.5 Å². The maximum Gasteiger partial charge on any atom is 0.320 e. The second-order valence-electron chi connectivity index (χ2n) is 8.43. The number of sulfone groups is 1. The van der Waals surface area contributed by atoms with Gasteiger partial charge in [0.1, 0.15) is 0 Å². The molecule has 0 spiro atoms. The van der Waals surface area contributed by atoms with Gasteiger partial charge in [0.25, 0.3) is 0 Å². The fraction of sp³-hybridized carbons (Fsp3) is 0.348. The van der Waals surface area contributed by atoms with E-state index in [4.69, 9.17) is 11.6 Å². The van der Waals surface area contributed by atoms with E-state index in [1.165, 1.54) is 6.07 Å². The van der Waals surface area contributed by atoms with Crippen molar-refractivity contribution in [3.63, 3.8) is 0 Å². The molecule has 8 nitrogen and oxygen atoms in total. The number of hydrogen-bond donors (Lipinski definition) is 0. The Bertz CT molecular complexity index is 1440. The minimum absolute atomic E-state index is 0.00676. The number of rotatable bonds is 5. The average Bonchev–Trinajstić information content (AvgIpc) is 3.17. The first kappa shape index (κ1) is 24.6. The van der Waals surface area contributed by atoms with Gasteiger partial charge in [-0.05, 0) is 65.6 Å². The molecule has 0 aliphatic carbocycles. The monoisotopic (exact) mass is 521 g/mol. The van der Waals surface area contributed by atoms with Gasteiger partial charge in [-0.3, -0.25) is 0 Å². The highest BCUT2D eigenvalue weighted by Crippen LogP contribution is 2.32. The van der Waals surface area contributed by atoms with Crippen molar-refractivity contribution in [3.05, 3.63) is 52.4 Å². The van der Waals surface area contributed by atoms with Gasteiger partial charge in [-0.1, -0.05) is 23.7 Å². The lowest BCUT2D eigenvalue weighted by atomic mass is 10.1. The summed E-state index contributed by atoms with van der Waals surface area (Å²) in [5.74, 6) is -0.503. The smallest absolute Gasteiger partial charge is 0.320 e. The molecule has 4 rings (SSSR count). The fourth-order valence-corrected chi connectivity index (χ4v) is 6.99. The van der Waals surface area contributed by atoms with Gasteiger partial charge in [0.05, 0.1) is 36.4 Å². The minimum Gasteiger partial charge on any atom is -0.528 e. The molecule has 180 valence electrons. The van der Waals surface area contributed by atoms with Crippen LogP contribution in [0.1, 0.15) is 25.7 Å². The molecule has 2 amide bonds. The van der Waals surface area contributed by atoms with Crippen molar-refractivity contribution in [1.29, 1.82) is 0 Å². The molecule has 1 fully saturated rings. The molecular weight excluding hydrogens is 498 g/mol. The summed E-state index contributed by atoms with van der Waals surface area (Å²) in [6.45, 7) is 1.09. The van der Waals surface area contributed by atoms with Crippen molar-refractivity contribution < 1.29 is 23.1 Å². The maximum atomic E-state index is 13.5. The first-order valence-electron chi connectivity index (χ1n) is 10.9. The van der Waals surface area contributed by atoms with E-state index in [1.54, 1.807) is 48.1 Å². The SMILES string of the molecule is Cn1cc([N+]2(C(=O)CCS(=O)(=O)c3ccc4cc(Cl)ccc4c3)CCCCC2)sc1=NC(=O)[O-]. The Kier molecular flexibility index (Phi) is 6.95. The van der Waals surface area contributed by atoms with Crippen molar-refractivity contribution in [2.24, 2.45) is 12.0 Å². The molecule has 11 heteroatoms. The van der Waals surface area contributed by atoms with Crippen LogP contribution >= 0.6 is 22.9 Å². The zero-order chi connectivity index (χ0) is 24.5. The van der Waals surface area contributed by atoms with Crippen LogP contribution in [0.3, 0.4) is 0 Å². The summed E-state index contributed by atoms with van der Waals surface area (Å²) in [5, 5.41) is 13.8. The summed E-state index contributed by atoms with van der Waals surface area (Å²) in [7, 11) is -2.04. The standard InChI is InChI=1S/C23H24ClN3O5S2/c1-26-15-21(33-22(26)25-23(29)30)27(10-3-2-4-11-27)20(28)9-12-34(31,32)19-8-6-16-13-18(24)7-5-17(16)14-19/h5-8,13-15H,2-4,9-12H2,1H3. The Morgan fingerprint density at radius 3 is 2.50 bits per heavy atom. The molecule has 0 bridgehead atoms. The molecule has 0 N–H and O–H groups in total. The van der Waals surface area contributed by atoms with Crippen LogP contribution in [0.5, 0.6) is 0 Å². The number of aryl methyl sites for hydroxylation is 1. The number of fused-ring (bicyclic) bond motifs is 1. The number of carbonyl (C=O) groups is 2. The Labute approximate surface area is 206 Å². The molecule has 0 unspecified atom stereocenters. The van der Waals surface area contributed by atoms with E-state index in [0.29, 0.717) is 23.1 Å². The summed E-state index contributed by atoms with van der Waals surface area (Å²) < 4.78 is 27.7. The molecular formula is C23H24ClN3O5S2. The molecule has 0 saturated carbocycles. The van der Waals surface area contributed by atoms with Crippen molar-refractivity contribution in [1.82, 2.24) is 9.05 Å². The minimum atomic E-state index is -3.69. The van der Waals surface area contributed by atoms with Crippen LogP contribution in [-0.4, -0.2) is 43.8 Å². The topological polar surface area (TPSA) is 109 Å². The fourth-order valence-electron chi connectivity index (χ4n) is 4.38. The second-order valence-corrected chi connectivity index (χ2v) is 12.0. The summed E-state index contributed by atoms with van der Waals surface area (Å²) in [4.78, 5) is 28.3. The third-order valence-corrected chi connectivity index (χ3v) is 9.36. The van der Waals surface area contributed by atoms with Gasteiger partial charge in [0.15, 0.2) is 20.7 Å². The van der Waals surface area contributed by atoms with Crippen LogP contribution in [0.2, 0.25) is 5.02 Å². The molecule has 2 heterocycles. The van der Waals surface area contributed by atoms with Gasteiger partial charge in [-0.15, -0.1) is 0 Å². The van der Waals surface area contributed by atoms with Gasteiger partial charge in [0, 0.05) is 12.1 Å². The molecule has 1 aromatic heterocycles. The third kappa shape index (κ3) is 4.95. The Hall–Kier alpha value is -2.53. The highest BCUT2D eigenvalue weighted by atomic mass is 35.5. The largest absolute Gasteiger partial charge is 0.528 e. The number of quaternary nitrogens is 1. The molecule has 1 aliphatic rings. The van der Waals surface area contributed by atoms with Crippen molar-refractivity contribution in [2.45, 2.75) is 30.6 Å². The van der Waals surface area contributed by atoms with E-state index < -0.39 is 15.9 Å². The average molecular weight is 522 g/mol. The number of likely N-dealkylation sites (tertiary alicyclic amines) is 1. The van der Waals surface area contributed by atoms with Crippen LogP contribution in [-0.2, 0) is 21.7 Å². The van der Waals surface area contributed by atoms with E-state index in [2.05, 4.69) is 4.99 Å². The molecule has 34 heavy (non-hydrogen) atoms. The summed E-state index contributed by atoms with van der Waals surface area (Å²) in [5.41, 5.74) is 0. The van der Waals surface area contributed by atoms with Crippen molar-refractivity contribution in [3.8, 4) is 0 Å². The van der Waals surface area contributed by atoms with Gasteiger partial charge in [-0.25, -0.2) is 22.7 Å². The van der Waals surface area contributed by atoms with Crippen LogP contribution in [0, 0.1) is 0 Å². The Balaban J connectivity index is 1.60. The number of carbonyl (C=O) groups excluding carboxylic acids is 2. The summed E-state index contributed by atoms with van der Waals surface area (Å²) in [6.07, 6.45) is 2.64. The lowest BCUT2D eigenvalue weighted by Gasteiger charge is -2.36. The molecule has 2 aromatic carbocycles. The predicted molar refractivity (Wildman–Crippen MR) is 130 cm³/mol. The van der Waals surface area contributed by atoms with E-state index in [9.17, 15) is 23.1 Å². The number of benzene rings is 2. The molecule has 3 aromatic rings. The number of halogens is 1. The number of thiazole rings is 1. The van der Waals surface area contributed by atoms with Crippen molar-refractivity contribution >= 4 is 60.5 Å². The molecule has 1 aliphatic heterocycles. The lowest BCUT2D eigenvalue weighted by Crippen LogP contribution is -2.57. The second kappa shape index (κ2) is 9.61. The molecule has 0 radical (unpaired) electrons. The Morgan fingerprint density at radius 2 is 1.79 bits per heavy atom. The van der Waals surface area contributed by atoms with Crippen LogP contribution in [0.25, 0.3) is 10.8 Å². The van der Waals surface area contributed by atoms with Gasteiger partial charge in [0.2, 0.25) is 5.00 Å². The van der Waals surface area contributed by atoms with Crippen LogP contribution < -0.4 is 14.4 Å². The summed E-state index contributed by atoms with van der Waals surface area (Å²) in [6, 6.07) is 10.1. The number of nitrogens with zero attached hydrogens (tertiary/aromatic N) is 3. The van der Waals surface area contributed by atoms with E-state index >= 15 is 0 Å². The van der Waals surface area contributed by atoms with E-state index in [1.807, 2.05) is 0 Å². The predicted octanol–water partition coefficient (Wildman–Crippen LogP) is 3.02.